The summed E-state index contributed by atoms with van der Waals surface area (Å²) in [6.07, 6.45) is 1.14. The number of rotatable bonds is 6. The molecule has 1 atom stereocenters. The molecule has 0 spiro atoms. The maximum Gasteiger partial charge on any atom is 0.252 e. The zero-order valence-electron chi connectivity index (χ0n) is 15.0. The van der Waals surface area contributed by atoms with Crippen molar-refractivity contribution in [3.05, 3.63) is 65.2 Å². The van der Waals surface area contributed by atoms with E-state index in [1.165, 1.54) is 12.1 Å². The predicted molar refractivity (Wildman–Crippen MR) is 99.5 cm³/mol. The van der Waals surface area contributed by atoms with Crippen molar-refractivity contribution < 1.29 is 13.2 Å². The molecule has 0 aliphatic carbocycles. The van der Waals surface area contributed by atoms with Gasteiger partial charge >= 0.3 is 0 Å². The molecular formula is C19H24N2O3S. The van der Waals surface area contributed by atoms with E-state index in [4.69, 9.17) is 0 Å². The van der Waals surface area contributed by atoms with Gasteiger partial charge in [0.25, 0.3) is 5.91 Å². The van der Waals surface area contributed by atoms with Gasteiger partial charge in [0.05, 0.1) is 10.9 Å². The molecule has 0 saturated heterocycles. The molecule has 0 aromatic heterocycles. The van der Waals surface area contributed by atoms with Crippen LogP contribution in [0.2, 0.25) is 0 Å². The van der Waals surface area contributed by atoms with E-state index in [2.05, 4.69) is 5.32 Å². The first-order valence-electron chi connectivity index (χ1n) is 7.99. The maximum atomic E-state index is 12.8. The van der Waals surface area contributed by atoms with Crippen LogP contribution < -0.4 is 5.32 Å². The van der Waals surface area contributed by atoms with Gasteiger partial charge in [-0.1, -0.05) is 36.4 Å². The monoisotopic (exact) mass is 360 g/mol. The molecule has 2 rings (SSSR count). The number of carbonyl (C=O) groups excluding carboxylic acids is 1. The summed E-state index contributed by atoms with van der Waals surface area (Å²) in [5.41, 5.74) is 2.12. The van der Waals surface area contributed by atoms with Crippen LogP contribution in [0.4, 0.5) is 0 Å². The summed E-state index contributed by atoms with van der Waals surface area (Å²) in [5, 5.41) is 3.03. The Morgan fingerprint density at radius 1 is 1.12 bits per heavy atom. The largest absolute Gasteiger partial charge is 0.344 e. The molecular weight excluding hydrogens is 336 g/mol. The number of aryl methyl sites for hydroxylation is 1. The number of benzene rings is 2. The third-order valence-electron chi connectivity index (χ3n) is 3.94. The van der Waals surface area contributed by atoms with E-state index in [1.54, 1.807) is 13.0 Å². The molecule has 1 N–H and O–H groups in total. The van der Waals surface area contributed by atoms with Crippen LogP contribution in [0.25, 0.3) is 0 Å². The van der Waals surface area contributed by atoms with Crippen molar-refractivity contribution >= 4 is 15.7 Å². The van der Waals surface area contributed by atoms with Gasteiger partial charge in [-0.05, 0) is 44.3 Å². The summed E-state index contributed by atoms with van der Waals surface area (Å²) in [6, 6.07) is 14.2. The van der Waals surface area contributed by atoms with E-state index in [0.717, 1.165) is 17.4 Å². The van der Waals surface area contributed by atoms with Gasteiger partial charge in [-0.2, -0.15) is 0 Å². The van der Waals surface area contributed by atoms with Crippen molar-refractivity contribution in [2.75, 3.05) is 26.9 Å². The normalized spacial score (nSPS) is 12.8. The number of carbonyl (C=O) groups is 1. The predicted octanol–water partition coefficient (Wildman–Crippen LogP) is 2.43. The highest BCUT2D eigenvalue weighted by Crippen LogP contribution is 2.18. The van der Waals surface area contributed by atoms with Crippen LogP contribution in [-0.4, -0.2) is 46.1 Å². The van der Waals surface area contributed by atoms with Crippen LogP contribution in [0.3, 0.4) is 0 Å². The fourth-order valence-corrected chi connectivity index (χ4v) is 3.24. The molecule has 0 fully saturated rings. The van der Waals surface area contributed by atoms with Crippen molar-refractivity contribution in [1.82, 2.24) is 10.2 Å². The van der Waals surface area contributed by atoms with E-state index in [9.17, 15) is 13.2 Å². The Kier molecular flexibility index (Phi) is 5.98. The zero-order valence-corrected chi connectivity index (χ0v) is 15.8. The Balaban J connectivity index is 2.32. The van der Waals surface area contributed by atoms with Crippen LogP contribution in [0, 0.1) is 6.92 Å². The summed E-state index contributed by atoms with van der Waals surface area (Å²) in [5.74, 6) is -0.279. The molecule has 25 heavy (non-hydrogen) atoms. The van der Waals surface area contributed by atoms with E-state index < -0.39 is 9.84 Å². The van der Waals surface area contributed by atoms with Gasteiger partial charge < -0.3 is 10.2 Å². The van der Waals surface area contributed by atoms with Gasteiger partial charge in [0.15, 0.2) is 9.84 Å². The minimum absolute atomic E-state index is 0.145. The second-order valence-corrected chi connectivity index (χ2v) is 8.46. The molecule has 1 amide bonds. The SMILES string of the molecule is Cc1ccc(S(C)(=O)=O)cc1C(=O)NC(CN(C)C)c1ccccc1. The first-order chi connectivity index (χ1) is 11.7. The molecule has 0 aliphatic rings. The van der Waals surface area contributed by atoms with Crippen LogP contribution >= 0.6 is 0 Å². The smallest absolute Gasteiger partial charge is 0.252 e. The highest BCUT2D eigenvalue weighted by Gasteiger charge is 2.19. The van der Waals surface area contributed by atoms with Gasteiger partial charge in [0.1, 0.15) is 0 Å². The molecule has 0 radical (unpaired) electrons. The van der Waals surface area contributed by atoms with Crippen LogP contribution in [-0.2, 0) is 9.84 Å². The van der Waals surface area contributed by atoms with Crippen molar-refractivity contribution in [2.45, 2.75) is 17.9 Å². The number of amides is 1. The quantitative estimate of drug-likeness (QED) is 0.859. The number of sulfone groups is 1. The number of likely N-dealkylation sites (N-methyl/N-ethyl adjacent to an activating group) is 1. The molecule has 2 aromatic carbocycles. The summed E-state index contributed by atoms with van der Waals surface area (Å²) in [4.78, 5) is 14.9. The average molecular weight is 360 g/mol. The summed E-state index contributed by atoms with van der Waals surface area (Å²) >= 11 is 0. The number of nitrogens with zero attached hydrogens (tertiary/aromatic N) is 1. The fourth-order valence-electron chi connectivity index (χ4n) is 2.60. The zero-order chi connectivity index (χ0) is 18.6. The number of nitrogens with one attached hydrogen (secondary N) is 1. The number of hydrogen-bond donors (Lipinski definition) is 1. The van der Waals surface area contributed by atoms with Crippen molar-refractivity contribution in [1.29, 1.82) is 0 Å². The second-order valence-electron chi connectivity index (χ2n) is 6.45. The standard InChI is InChI=1S/C19H24N2O3S/c1-14-10-11-16(25(4,23)24)12-17(14)19(22)20-18(13-21(2)3)15-8-6-5-7-9-15/h5-12,18H,13H2,1-4H3,(H,20,22). The third kappa shape index (κ3) is 5.14. The molecule has 5 nitrogen and oxygen atoms in total. The van der Waals surface area contributed by atoms with E-state index in [0.29, 0.717) is 12.1 Å². The Labute approximate surface area is 149 Å². The first-order valence-corrected chi connectivity index (χ1v) is 9.89. The molecule has 6 heteroatoms. The molecule has 0 bridgehead atoms. The lowest BCUT2D eigenvalue weighted by Gasteiger charge is -2.23. The molecule has 0 aliphatic heterocycles. The van der Waals surface area contributed by atoms with Crippen LogP contribution in [0.5, 0.6) is 0 Å². The minimum atomic E-state index is -3.36. The Bertz CT molecular complexity index is 846. The Morgan fingerprint density at radius 3 is 2.32 bits per heavy atom. The number of hydrogen-bond acceptors (Lipinski definition) is 4. The van der Waals surface area contributed by atoms with Crippen molar-refractivity contribution in [3.63, 3.8) is 0 Å². The fraction of sp³-hybridized carbons (Fsp3) is 0.316. The Hall–Kier alpha value is -2.18. The minimum Gasteiger partial charge on any atom is -0.344 e. The summed E-state index contributed by atoms with van der Waals surface area (Å²) < 4.78 is 23.5. The topological polar surface area (TPSA) is 66.5 Å². The van der Waals surface area contributed by atoms with Gasteiger partial charge in [-0.25, -0.2) is 8.42 Å². The Morgan fingerprint density at radius 2 is 1.76 bits per heavy atom. The van der Waals surface area contributed by atoms with E-state index >= 15 is 0 Å². The van der Waals surface area contributed by atoms with Gasteiger partial charge in [-0.3, -0.25) is 4.79 Å². The first kappa shape index (κ1) is 19.1. The van der Waals surface area contributed by atoms with Gasteiger partial charge in [0, 0.05) is 18.4 Å². The van der Waals surface area contributed by atoms with E-state index in [1.807, 2.05) is 49.3 Å². The van der Waals surface area contributed by atoms with E-state index in [-0.39, 0.29) is 16.8 Å². The molecule has 1 unspecified atom stereocenters. The average Bonchev–Trinajstić information content (AvgIpc) is 2.53. The molecule has 0 saturated carbocycles. The van der Waals surface area contributed by atoms with Crippen molar-refractivity contribution in [2.24, 2.45) is 0 Å². The highest BCUT2D eigenvalue weighted by molar-refractivity contribution is 7.90. The molecule has 2 aromatic rings. The van der Waals surface area contributed by atoms with Crippen LogP contribution in [0.1, 0.15) is 27.5 Å². The molecule has 0 heterocycles. The van der Waals surface area contributed by atoms with Crippen LogP contribution in [0.15, 0.2) is 53.4 Å². The van der Waals surface area contributed by atoms with Crippen molar-refractivity contribution in [3.8, 4) is 0 Å². The lowest BCUT2D eigenvalue weighted by molar-refractivity contribution is 0.0929. The highest BCUT2D eigenvalue weighted by atomic mass is 32.2. The molecule has 134 valence electrons. The maximum absolute atomic E-state index is 12.8. The van der Waals surface area contributed by atoms with Gasteiger partial charge in [-0.15, -0.1) is 0 Å². The summed E-state index contributed by atoms with van der Waals surface area (Å²) in [6.45, 7) is 2.44. The van der Waals surface area contributed by atoms with Gasteiger partial charge in [0.2, 0.25) is 0 Å². The lowest BCUT2D eigenvalue weighted by atomic mass is 10.0. The second kappa shape index (κ2) is 7.80. The lowest BCUT2D eigenvalue weighted by Crippen LogP contribution is -2.35. The summed E-state index contributed by atoms with van der Waals surface area (Å²) in [7, 11) is 0.521. The third-order valence-corrected chi connectivity index (χ3v) is 5.05.